The van der Waals surface area contributed by atoms with Gasteiger partial charge in [0.1, 0.15) is 6.04 Å². The van der Waals surface area contributed by atoms with E-state index in [1.54, 1.807) is 11.0 Å². The minimum atomic E-state index is -0.457. The van der Waals surface area contributed by atoms with Crippen LogP contribution in [0.4, 0.5) is 10.5 Å². The van der Waals surface area contributed by atoms with Gasteiger partial charge in [0.2, 0.25) is 5.91 Å². The maximum Gasteiger partial charge on any atom is 0.322 e. The summed E-state index contributed by atoms with van der Waals surface area (Å²) in [6.07, 6.45) is 0. The lowest BCUT2D eigenvalue weighted by molar-refractivity contribution is -0.129. The van der Waals surface area contributed by atoms with Gasteiger partial charge in [0.25, 0.3) is 0 Å². The van der Waals surface area contributed by atoms with Gasteiger partial charge in [-0.3, -0.25) is 4.79 Å². The number of nitrogens with zero attached hydrogens (tertiary/aromatic N) is 1. The van der Waals surface area contributed by atoms with Gasteiger partial charge in [0.05, 0.1) is 10.7 Å². The molecule has 0 radical (unpaired) electrons. The van der Waals surface area contributed by atoms with Crippen molar-refractivity contribution in [3.05, 3.63) is 28.8 Å². The zero-order chi connectivity index (χ0) is 15.6. The molecular weight excluding hydrogens is 290 g/mol. The van der Waals surface area contributed by atoms with E-state index in [0.29, 0.717) is 23.8 Å². The number of nitrogens with one attached hydrogen (secondary N) is 2. The standard InChI is InChI=1S/C15H20ClN3O2/c1-9(2)13-14(20)17-7-8-19(13)15(21)18-12-10(3)5-4-6-11(12)16/h4-6,9,13H,7-8H2,1-3H3,(H,17,20)(H,18,21)/t13-/m1/s1. The number of benzene rings is 1. The fourth-order valence-electron chi connectivity index (χ4n) is 2.54. The first-order valence-electron chi connectivity index (χ1n) is 7.02. The molecule has 0 aliphatic carbocycles. The Morgan fingerprint density at radius 1 is 1.48 bits per heavy atom. The van der Waals surface area contributed by atoms with Gasteiger partial charge in [-0.05, 0) is 24.5 Å². The van der Waals surface area contributed by atoms with Crippen LogP contribution in [0.25, 0.3) is 0 Å². The molecule has 2 rings (SSSR count). The minimum absolute atomic E-state index is 0.0448. The predicted octanol–water partition coefficient (Wildman–Crippen LogP) is 2.64. The van der Waals surface area contributed by atoms with Crippen LogP contribution >= 0.6 is 11.6 Å². The lowest BCUT2D eigenvalue weighted by Gasteiger charge is -2.37. The van der Waals surface area contributed by atoms with E-state index in [2.05, 4.69) is 10.6 Å². The number of halogens is 1. The molecule has 2 N–H and O–H groups in total. The monoisotopic (exact) mass is 309 g/mol. The third-order valence-electron chi connectivity index (χ3n) is 3.60. The molecule has 0 unspecified atom stereocenters. The van der Waals surface area contributed by atoms with E-state index in [0.717, 1.165) is 5.56 Å². The third kappa shape index (κ3) is 3.29. The van der Waals surface area contributed by atoms with E-state index in [1.165, 1.54) is 0 Å². The van der Waals surface area contributed by atoms with Crippen molar-refractivity contribution in [3.8, 4) is 0 Å². The first kappa shape index (κ1) is 15.6. The van der Waals surface area contributed by atoms with Gasteiger partial charge in [-0.15, -0.1) is 0 Å². The van der Waals surface area contributed by atoms with Crippen molar-refractivity contribution < 1.29 is 9.59 Å². The summed E-state index contributed by atoms with van der Waals surface area (Å²) in [6.45, 7) is 6.69. The van der Waals surface area contributed by atoms with E-state index in [4.69, 9.17) is 11.6 Å². The number of rotatable bonds is 2. The summed E-state index contributed by atoms with van der Waals surface area (Å²) < 4.78 is 0. The zero-order valence-corrected chi connectivity index (χ0v) is 13.2. The van der Waals surface area contributed by atoms with Gasteiger partial charge in [0, 0.05) is 13.1 Å². The molecule has 0 spiro atoms. The molecule has 1 aliphatic heterocycles. The molecule has 1 fully saturated rings. The highest BCUT2D eigenvalue weighted by Gasteiger charge is 2.35. The number of hydrogen-bond acceptors (Lipinski definition) is 2. The summed E-state index contributed by atoms with van der Waals surface area (Å²) >= 11 is 6.13. The average Bonchev–Trinajstić information content (AvgIpc) is 2.42. The highest BCUT2D eigenvalue weighted by atomic mass is 35.5. The smallest absolute Gasteiger partial charge is 0.322 e. The summed E-state index contributed by atoms with van der Waals surface area (Å²) in [7, 11) is 0. The van der Waals surface area contributed by atoms with Crippen LogP contribution in [0.3, 0.4) is 0 Å². The Kier molecular flexibility index (Phi) is 4.73. The van der Waals surface area contributed by atoms with Crippen LogP contribution in [-0.4, -0.2) is 36.0 Å². The van der Waals surface area contributed by atoms with Gasteiger partial charge < -0.3 is 15.5 Å². The zero-order valence-electron chi connectivity index (χ0n) is 12.4. The number of carbonyl (C=O) groups is 2. The summed E-state index contributed by atoms with van der Waals surface area (Å²) in [6, 6.07) is 4.69. The number of anilines is 1. The SMILES string of the molecule is Cc1cccc(Cl)c1NC(=O)N1CCNC(=O)[C@H]1C(C)C. The van der Waals surface area contributed by atoms with E-state index in [-0.39, 0.29) is 17.9 Å². The predicted molar refractivity (Wildman–Crippen MR) is 83.5 cm³/mol. The highest BCUT2D eigenvalue weighted by Crippen LogP contribution is 2.26. The maximum absolute atomic E-state index is 12.5. The molecule has 0 saturated carbocycles. The summed E-state index contributed by atoms with van der Waals surface area (Å²) in [5.74, 6) is -0.0642. The van der Waals surface area contributed by atoms with E-state index in [1.807, 2.05) is 32.9 Å². The molecule has 21 heavy (non-hydrogen) atoms. The molecule has 6 heteroatoms. The van der Waals surface area contributed by atoms with E-state index in [9.17, 15) is 9.59 Å². The Morgan fingerprint density at radius 3 is 2.81 bits per heavy atom. The number of carbonyl (C=O) groups excluding carboxylic acids is 2. The second-order valence-corrected chi connectivity index (χ2v) is 5.94. The fourth-order valence-corrected chi connectivity index (χ4v) is 2.81. The Balaban J connectivity index is 2.20. The number of amides is 3. The molecule has 5 nitrogen and oxygen atoms in total. The molecule has 1 aromatic rings. The lowest BCUT2D eigenvalue weighted by Crippen LogP contribution is -2.60. The van der Waals surface area contributed by atoms with Crippen LogP contribution < -0.4 is 10.6 Å². The number of hydrogen-bond donors (Lipinski definition) is 2. The second-order valence-electron chi connectivity index (χ2n) is 5.54. The van der Waals surface area contributed by atoms with E-state index >= 15 is 0 Å². The van der Waals surface area contributed by atoms with Crippen LogP contribution in [-0.2, 0) is 4.79 Å². The van der Waals surface area contributed by atoms with Crippen molar-refractivity contribution in [2.75, 3.05) is 18.4 Å². The van der Waals surface area contributed by atoms with Gasteiger partial charge in [-0.25, -0.2) is 4.79 Å². The molecule has 0 aromatic heterocycles. The molecule has 1 aliphatic rings. The normalized spacial score (nSPS) is 18.6. The number of para-hydroxylation sites is 1. The molecule has 1 atom stereocenters. The van der Waals surface area contributed by atoms with Crippen molar-refractivity contribution >= 4 is 29.2 Å². The van der Waals surface area contributed by atoms with Gasteiger partial charge in [0.15, 0.2) is 0 Å². The van der Waals surface area contributed by atoms with Crippen LogP contribution in [0.1, 0.15) is 19.4 Å². The van der Waals surface area contributed by atoms with Crippen LogP contribution in [0, 0.1) is 12.8 Å². The van der Waals surface area contributed by atoms with Gasteiger partial charge >= 0.3 is 6.03 Å². The molecule has 0 bridgehead atoms. The van der Waals surface area contributed by atoms with Crippen LogP contribution in [0.15, 0.2) is 18.2 Å². The highest BCUT2D eigenvalue weighted by molar-refractivity contribution is 6.33. The molecule has 114 valence electrons. The number of piperazine rings is 1. The summed E-state index contributed by atoms with van der Waals surface area (Å²) in [4.78, 5) is 26.1. The fraction of sp³-hybridized carbons (Fsp3) is 0.467. The Bertz CT molecular complexity index is 540. The molecule has 1 heterocycles. The quantitative estimate of drug-likeness (QED) is 0.882. The average molecular weight is 310 g/mol. The molecule has 1 aromatic carbocycles. The van der Waals surface area contributed by atoms with Crippen molar-refractivity contribution in [2.45, 2.75) is 26.8 Å². The lowest BCUT2D eigenvalue weighted by atomic mass is 10.00. The third-order valence-corrected chi connectivity index (χ3v) is 3.92. The second kappa shape index (κ2) is 6.35. The Morgan fingerprint density at radius 2 is 2.19 bits per heavy atom. The Hall–Kier alpha value is -1.75. The van der Waals surface area contributed by atoms with Crippen molar-refractivity contribution in [3.63, 3.8) is 0 Å². The molecule has 3 amide bonds. The maximum atomic E-state index is 12.5. The van der Waals surface area contributed by atoms with Crippen molar-refractivity contribution in [1.29, 1.82) is 0 Å². The summed E-state index contributed by atoms with van der Waals surface area (Å²) in [5, 5.41) is 6.12. The topological polar surface area (TPSA) is 61.4 Å². The molecular formula is C15H20ClN3O2. The van der Waals surface area contributed by atoms with Crippen LogP contribution in [0.2, 0.25) is 5.02 Å². The number of urea groups is 1. The van der Waals surface area contributed by atoms with Crippen molar-refractivity contribution in [2.24, 2.45) is 5.92 Å². The minimum Gasteiger partial charge on any atom is -0.353 e. The first-order chi connectivity index (χ1) is 9.91. The van der Waals surface area contributed by atoms with E-state index < -0.39 is 6.04 Å². The molecule has 1 saturated heterocycles. The Labute approximate surface area is 129 Å². The van der Waals surface area contributed by atoms with Gasteiger partial charge in [-0.2, -0.15) is 0 Å². The van der Waals surface area contributed by atoms with Crippen molar-refractivity contribution in [1.82, 2.24) is 10.2 Å². The number of aryl methyl sites for hydroxylation is 1. The first-order valence-corrected chi connectivity index (χ1v) is 7.40. The summed E-state index contributed by atoms with van der Waals surface area (Å²) in [5.41, 5.74) is 1.48. The van der Waals surface area contributed by atoms with Gasteiger partial charge in [-0.1, -0.05) is 37.6 Å². The largest absolute Gasteiger partial charge is 0.353 e. The van der Waals surface area contributed by atoms with Crippen LogP contribution in [0.5, 0.6) is 0 Å².